The molecule has 3 rings (SSSR count). The summed E-state index contributed by atoms with van der Waals surface area (Å²) >= 11 is 0. The smallest absolute Gasteiger partial charge is 0.191 e. The molecule has 1 aromatic heterocycles. The highest BCUT2D eigenvalue weighted by molar-refractivity contribution is 14.0. The van der Waals surface area contributed by atoms with Crippen LogP contribution < -0.4 is 10.6 Å². The Morgan fingerprint density at radius 2 is 1.96 bits per heavy atom. The van der Waals surface area contributed by atoms with E-state index >= 15 is 0 Å². The van der Waals surface area contributed by atoms with E-state index in [0.29, 0.717) is 12.1 Å². The van der Waals surface area contributed by atoms with E-state index in [1.807, 2.05) is 7.05 Å². The van der Waals surface area contributed by atoms with Crippen LogP contribution in [0.2, 0.25) is 0 Å². The van der Waals surface area contributed by atoms with Crippen LogP contribution in [0.5, 0.6) is 0 Å². The third-order valence-electron chi connectivity index (χ3n) is 5.52. The number of piperidine rings is 1. The lowest BCUT2D eigenvalue weighted by Gasteiger charge is -2.35. The van der Waals surface area contributed by atoms with Gasteiger partial charge in [-0.15, -0.1) is 24.0 Å². The van der Waals surface area contributed by atoms with Crippen LogP contribution in [0.3, 0.4) is 0 Å². The Hall–Kier alpha value is -1.28. The van der Waals surface area contributed by atoms with Gasteiger partial charge in [-0.05, 0) is 51.7 Å². The van der Waals surface area contributed by atoms with Gasteiger partial charge in [0, 0.05) is 55.4 Å². The minimum atomic E-state index is 0. The summed E-state index contributed by atoms with van der Waals surface area (Å²) in [4.78, 5) is 10.4. The maximum atomic E-state index is 4.41. The molecular formula is C21H34IN5. The number of aryl methyl sites for hydroxylation is 1. The van der Waals surface area contributed by atoms with Crippen LogP contribution >= 0.6 is 24.0 Å². The predicted molar refractivity (Wildman–Crippen MR) is 126 cm³/mol. The highest BCUT2D eigenvalue weighted by atomic mass is 127. The zero-order chi connectivity index (χ0) is 18.5. The summed E-state index contributed by atoms with van der Waals surface area (Å²) in [5.41, 5.74) is 3.88. The molecule has 1 fully saturated rings. The number of hydrogen-bond donors (Lipinski definition) is 3. The summed E-state index contributed by atoms with van der Waals surface area (Å²) in [6.45, 7) is 9.93. The lowest BCUT2D eigenvalue weighted by molar-refractivity contribution is 0.167. The van der Waals surface area contributed by atoms with Crippen LogP contribution in [-0.2, 0) is 6.42 Å². The second-order valence-corrected chi connectivity index (χ2v) is 7.57. The van der Waals surface area contributed by atoms with Crippen LogP contribution in [0.15, 0.2) is 29.3 Å². The number of aromatic amines is 1. The van der Waals surface area contributed by atoms with E-state index in [-0.39, 0.29) is 24.0 Å². The minimum Gasteiger partial charge on any atom is -0.358 e. The average molecular weight is 483 g/mol. The second-order valence-electron chi connectivity index (χ2n) is 7.57. The van der Waals surface area contributed by atoms with Crippen molar-refractivity contribution in [2.75, 3.05) is 26.7 Å². The molecule has 0 saturated carbocycles. The second kappa shape index (κ2) is 10.3. The Balaban J connectivity index is 0.00000261. The van der Waals surface area contributed by atoms with Gasteiger partial charge in [0.05, 0.1) is 0 Å². The number of nitrogens with one attached hydrogen (secondary N) is 3. The Morgan fingerprint density at radius 1 is 1.26 bits per heavy atom. The van der Waals surface area contributed by atoms with Gasteiger partial charge in [0.2, 0.25) is 0 Å². The van der Waals surface area contributed by atoms with Gasteiger partial charge in [-0.2, -0.15) is 0 Å². The molecule has 1 aliphatic rings. The first-order valence-electron chi connectivity index (χ1n) is 9.86. The van der Waals surface area contributed by atoms with E-state index in [4.69, 9.17) is 0 Å². The fourth-order valence-corrected chi connectivity index (χ4v) is 3.91. The number of benzene rings is 1. The molecule has 0 spiro atoms. The maximum absolute atomic E-state index is 4.41. The first-order valence-corrected chi connectivity index (χ1v) is 9.86. The van der Waals surface area contributed by atoms with Crippen molar-refractivity contribution in [2.24, 2.45) is 4.99 Å². The van der Waals surface area contributed by atoms with Crippen LogP contribution in [0.4, 0.5) is 0 Å². The summed E-state index contributed by atoms with van der Waals surface area (Å²) in [6, 6.07) is 9.69. The van der Waals surface area contributed by atoms with Crippen molar-refractivity contribution in [3.05, 3.63) is 35.5 Å². The normalized spacial score (nSPS) is 16.6. The summed E-state index contributed by atoms with van der Waals surface area (Å²) in [5.74, 6) is 0.922. The third-order valence-corrected chi connectivity index (χ3v) is 5.52. The van der Waals surface area contributed by atoms with Crippen molar-refractivity contribution in [1.82, 2.24) is 20.5 Å². The first kappa shape index (κ1) is 22.0. The van der Waals surface area contributed by atoms with Crippen LogP contribution in [0.25, 0.3) is 10.9 Å². The molecule has 2 aromatic rings. The van der Waals surface area contributed by atoms with Crippen molar-refractivity contribution in [1.29, 1.82) is 0 Å². The number of likely N-dealkylation sites (tertiary alicyclic amines) is 1. The topological polar surface area (TPSA) is 55.5 Å². The van der Waals surface area contributed by atoms with Crippen molar-refractivity contribution in [3.63, 3.8) is 0 Å². The lowest BCUT2D eigenvalue weighted by atomic mass is 10.0. The van der Waals surface area contributed by atoms with Crippen LogP contribution in [0.1, 0.15) is 37.9 Å². The number of guanidine groups is 1. The average Bonchev–Trinajstić information content (AvgIpc) is 2.96. The van der Waals surface area contributed by atoms with Gasteiger partial charge in [0.25, 0.3) is 0 Å². The molecule has 0 unspecified atom stereocenters. The van der Waals surface area contributed by atoms with Crippen molar-refractivity contribution >= 4 is 40.8 Å². The Labute approximate surface area is 180 Å². The zero-order valence-corrected chi connectivity index (χ0v) is 19.3. The van der Waals surface area contributed by atoms with Crippen molar-refractivity contribution < 1.29 is 0 Å². The van der Waals surface area contributed by atoms with Gasteiger partial charge in [0.15, 0.2) is 5.96 Å². The molecule has 1 saturated heterocycles. The molecule has 150 valence electrons. The quantitative estimate of drug-likeness (QED) is 0.346. The molecule has 27 heavy (non-hydrogen) atoms. The highest BCUT2D eigenvalue weighted by Crippen LogP contribution is 2.21. The monoisotopic (exact) mass is 483 g/mol. The predicted octanol–water partition coefficient (Wildman–Crippen LogP) is 3.67. The number of rotatable bonds is 5. The minimum absolute atomic E-state index is 0. The molecule has 0 amide bonds. The van der Waals surface area contributed by atoms with E-state index in [9.17, 15) is 0 Å². The molecule has 5 nitrogen and oxygen atoms in total. The Kier molecular flexibility index (Phi) is 8.41. The highest BCUT2D eigenvalue weighted by Gasteiger charge is 2.21. The van der Waals surface area contributed by atoms with Gasteiger partial charge in [-0.1, -0.05) is 18.2 Å². The van der Waals surface area contributed by atoms with E-state index in [1.54, 1.807) is 0 Å². The summed E-state index contributed by atoms with van der Waals surface area (Å²) in [5, 5.41) is 8.42. The molecule has 6 heteroatoms. The van der Waals surface area contributed by atoms with Gasteiger partial charge < -0.3 is 20.5 Å². The van der Waals surface area contributed by atoms with Gasteiger partial charge >= 0.3 is 0 Å². The number of para-hydroxylation sites is 1. The number of hydrogen-bond acceptors (Lipinski definition) is 2. The molecule has 0 atom stereocenters. The van der Waals surface area contributed by atoms with Gasteiger partial charge in [-0.3, -0.25) is 4.99 Å². The number of H-pyrrole nitrogens is 1. The number of fused-ring (bicyclic) bond motifs is 1. The first-order chi connectivity index (χ1) is 12.6. The molecule has 0 aliphatic carbocycles. The van der Waals surface area contributed by atoms with E-state index in [0.717, 1.165) is 18.9 Å². The number of aromatic nitrogens is 1. The van der Waals surface area contributed by atoms with Gasteiger partial charge in [0.1, 0.15) is 0 Å². The third kappa shape index (κ3) is 5.60. The molecule has 0 radical (unpaired) electrons. The van der Waals surface area contributed by atoms with E-state index in [1.165, 1.54) is 48.1 Å². The van der Waals surface area contributed by atoms with Crippen LogP contribution in [-0.4, -0.2) is 54.6 Å². The summed E-state index contributed by atoms with van der Waals surface area (Å²) in [6.07, 6.45) is 3.35. The number of halogens is 1. The standard InChI is InChI=1S/C21H33N5.HI/c1-15(2)26-13-10-17(11-14-26)25-21(22-4)23-12-9-18-16(3)24-20-8-6-5-7-19(18)20;/h5-8,15,17,24H,9-14H2,1-4H3,(H2,22,23,25);1H. The molecule has 0 bridgehead atoms. The summed E-state index contributed by atoms with van der Waals surface area (Å²) in [7, 11) is 1.86. The molecular weight excluding hydrogens is 449 g/mol. The summed E-state index contributed by atoms with van der Waals surface area (Å²) < 4.78 is 0. The maximum Gasteiger partial charge on any atom is 0.191 e. The largest absolute Gasteiger partial charge is 0.358 e. The van der Waals surface area contributed by atoms with Crippen molar-refractivity contribution in [2.45, 2.75) is 52.1 Å². The zero-order valence-electron chi connectivity index (χ0n) is 17.0. The molecule has 3 N–H and O–H groups in total. The Bertz CT molecular complexity index is 744. The Morgan fingerprint density at radius 3 is 2.63 bits per heavy atom. The van der Waals surface area contributed by atoms with Gasteiger partial charge in [-0.25, -0.2) is 0 Å². The van der Waals surface area contributed by atoms with E-state index in [2.05, 4.69) is 70.5 Å². The SMILES string of the molecule is CN=C(NCCc1c(C)[nH]c2ccccc12)NC1CCN(C(C)C)CC1.I. The fourth-order valence-electron chi connectivity index (χ4n) is 3.91. The lowest BCUT2D eigenvalue weighted by Crippen LogP contribution is -2.50. The van der Waals surface area contributed by atoms with E-state index < -0.39 is 0 Å². The van der Waals surface area contributed by atoms with Crippen molar-refractivity contribution in [3.8, 4) is 0 Å². The fraction of sp³-hybridized carbons (Fsp3) is 0.571. The number of nitrogens with zero attached hydrogens (tertiary/aromatic N) is 2. The molecule has 2 heterocycles. The van der Waals surface area contributed by atoms with Crippen LogP contribution in [0, 0.1) is 6.92 Å². The number of aliphatic imine (C=N–C) groups is 1. The molecule has 1 aliphatic heterocycles. The molecule has 1 aromatic carbocycles.